The van der Waals surface area contributed by atoms with Crippen LogP contribution in [0.5, 0.6) is 0 Å². The summed E-state index contributed by atoms with van der Waals surface area (Å²) in [4.78, 5) is 16.1. The Bertz CT molecular complexity index is 457. The number of amides is 1. The van der Waals surface area contributed by atoms with Crippen LogP contribution >= 0.6 is 0 Å². The molecule has 1 N–H and O–H groups in total. The van der Waals surface area contributed by atoms with Crippen molar-refractivity contribution in [3.63, 3.8) is 0 Å². The molecular weight excluding hydrogens is 244 g/mol. The maximum Gasteiger partial charge on any atom is 0.239 e. The van der Waals surface area contributed by atoms with Gasteiger partial charge in [-0.1, -0.05) is 0 Å². The van der Waals surface area contributed by atoms with Gasteiger partial charge in [0.25, 0.3) is 0 Å². The molecule has 0 saturated heterocycles. The van der Waals surface area contributed by atoms with Gasteiger partial charge in [-0.05, 0) is 13.8 Å². The fraction of sp³-hybridized carbons (Fsp3) is 0.692. The molecule has 0 spiro atoms. The third-order valence-electron chi connectivity index (χ3n) is 3.83. The third kappa shape index (κ3) is 2.64. The van der Waals surface area contributed by atoms with E-state index in [1.54, 1.807) is 4.90 Å². The van der Waals surface area contributed by atoms with Crippen molar-refractivity contribution in [2.45, 2.75) is 39.5 Å². The van der Waals surface area contributed by atoms with Crippen LogP contribution in [-0.2, 0) is 24.4 Å². The number of nitrogens with zero attached hydrogens (tertiary/aromatic N) is 4. The molecule has 1 aliphatic heterocycles. The van der Waals surface area contributed by atoms with Crippen molar-refractivity contribution in [2.75, 3.05) is 20.2 Å². The van der Waals surface area contributed by atoms with E-state index in [1.165, 1.54) is 0 Å². The lowest BCUT2D eigenvalue weighted by molar-refractivity contribution is -0.135. The van der Waals surface area contributed by atoms with E-state index >= 15 is 0 Å². The van der Waals surface area contributed by atoms with Crippen molar-refractivity contribution in [1.82, 2.24) is 19.6 Å². The molecule has 1 aromatic heterocycles. The van der Waals surface area contributed by atoms with Crippen LogP contribution in [0, 0.1) is 0 Å². The lowest BCUT2D eigenvalue weighted by Gasteiger charge is -2.27. The molecule has 1 aliphatic rings. The summed E-state index contributed by atoms with van der Waals surface area (Å²) in [5, 5.41) is 13.3. The molecule has 0 fully saturated rings. The maximum absolute atomic E-state index is 12.2. The highest BCUT2D eigenvalue weighted by Crippen LogP contribution is 2.24. The summed E-state index contributed by atoms with van der Waals surface area (Å²) >= 11 is 0. The second-order valence-electron chi connectivity index (χ2n) is 5.00. The minimum Gasteiger partial charge on any atom is -0.394 e. The van der Waals surface area contributed by atoms with E-state index < -0.39 is 0 Å². The number of carbonyl (C=O) groups excluding carboxylic acids is 1. The largest absolute Gasteiger partial charge is 0.394 e. The van der Waals surface area contributed by atoms with E-state index in [2.05, 4.69) is 10.00 Å². The summed E-state index contributed by atoms with van der Waals surface area (Å²) in [7, 11) is 1.83. The molecule has 1 aromatic rings. The summed E-state index contributed by atoms with van der Waals surface area (Å²) in [5.74, 6) is 0.148. The molecular formula is C13H22N4O2. The van der Waals surface area contributed by atoms with Gasteiger partial charge in [-0.2, -0.15) is 5.10 Å². The predicted molar refractivity (Wildman–Crippen MR) is 71.3 cm³/mol. The molecule has 0 aliphatic carbocycles. The second kappa shape index (κ2) is 5.71. The van der Waals surface area contributed by atoms with Gasteiger partial charge in [0.05, 0.1) is 31.1 Å². The fourth-order valence-corrected chi connectivity index (χ4v) is 2.42. The molecule has 0 radical (unpaired) electrons. The number of hydrogen-bond donors (Lipinski definition) is 1. The van der Waals surface area contributed by atoms with Gasteiger partial charge in [0.2, 0.25) is 5.91 Å². The molecule has 1 atom stereocenters. The van der Waals surface area contributed by atoms with E-state index in [1.807, 2.05) is 31.8 Å². The Balaban J connectivity index is 2.05. The molecule has 106 valence electrons. The SMILES string of the molecule is CCN(C)C(=O)[C@H](C)N1Cc2cnn(CCO)c2C1. The topological polar surface area (TPSA) is 61.6 Å². The number of hydrogen-bond acceptors (Lipinski definition) is 4. The van der Waals surface area contributed by atoms with Gasteiger partial charge in [0.15, 0.2) is 0 Å². The number of aliphatic hydroxyl groups excluding tert-OH is 1. The van der Waals surface area contributed by atoms with Crippen molar-refractivity contribution in [3.05, 3.63) is 17.5 Å². The number of fused-ring (bicyclic) bond motifs is 1. The summed E-state index contributed by atoms with van der Waals surface area (Å²) < 4.78 is 1.83. The van der Waals surface area contributed by atoms with Crippen molar-refractivity contribution < 1.29 is 9.90 Å². The molecule has 6 nitrogen and oxygen atoms in total. The van der Waals surface area contributed by atoms with Crippen molar-refractivity contribution in [1.29, 1.82) is 0 Å². The minimum atomic E-state index is -0.125. The Kier molecular flexibility index (Phi) is 4.21. The van der Waals surface area contributed by atoms with E-state index in [0.717, 1.165) is 30.9 Å². The Morgan fingerprint density at radius 3 is 2.95 bits per heavy atom. The van der Waals surface area contributed by atoms with Gasteiger partial charge in [0, 0.05) is 32.2 Å². The van der Waals surface area contributed by atoms with Crippen molar-refractivity contribution in [2.24, 2.45) is 0 Å². The Hall–Kier alpha value is -1.40. The number of rotatable bonds is 5. The van der Waals surface area contributed by atoms with E-state index in [0.29, 0.717) is 6.54 Å². The maximum atomic E-state index is 12.2. The first-order valence-corrected chi connectivity index (χ1v) is 6.72. The van der Waals surface area contributed by atoms with Gasteiger partial charge in [-0.25, -0.2) is 0 Å². The number of carbonyl (C=O) groups is 1. The summed E-state index contributed by atoms with van der Waals surface area (Å²) in [6.07, 6.45) is 1.84. The first kappa shape index (κ1) is 14.0. The zero-order valence-electron chi connectivity index (χ0n) is 11.8. The van der Waals surface area contributed by atoms with E-state index in [9.17, 15) is 4.79 Å². The molecule has 0 unspecified atom stereocenters. The van der Waals surface area contributed by atoms with Crippen LogP contribution in [0.25, 0.3) is 0 Å². The number of likely N-dealkylation sites (N-methyl/N-ethyl adjacent to an activating group) is 1. The first-order chi connectivity index (χ1) is 9.08. The highest BCUT2D eigenvalue weighted by Gasteiger charge is 2.31. The zero-order chi connectivity index (χ0) is 14.0. The van der Waals surface area contributed by atoms with Crippen LogP contribution in [0.2, 0.25) is 0 Å². The predicted octanol–water partition coefficient (Wildman–Crippen LogP) is 0.0578. The lowest BCUT2D eigenvalue weighted by Crippen LogP contribution is -2.43. The van der Waals surface area contributed by atoms with Gasteiger partial charge < -0.3 is 10.0 Å². The Morgan fingerprint density at radius 1 is 1.58 bits per heavy atom. The molecule has 1 amide bonds. The summed E-state index contributed by atoms with van der Waals surface area (Å²) in [5.41, 5.74) is 2.28. The normalized spacial score (nSPS) is 16.4. The van der Waals surface area contributed by atoms with Crippen LogP contribution < -0.4 is 0 Å². The Morgan fingerprint density at radius 2 is 2.32 bits per heavy atom. The van der Waals surface area contributed by atoms with Crippen LogP contribution in [0.1, 0.15) is 25.1 Å². The van der Waals surface area contributed by atoms with E-state index in [-0.39, 0.29) is 18.6 Å². The lowest BCUT2D eigenvalue weighted by atomic mass is 10.2. The highest BCUT2D eigenvalue weighted by atomic mass is 16.3. The molecule has 19 heavy (non-hydrogen) atoms. The number of aromatic nitrogens is 2. The standard InChI is InChI=1S/C13H22N4O2/c1-4-15(3)13(19)10(2)16-8-11-7-14-17(5-6-18)12(11)9-16/h7,10,18H,4-6,8-9H2,1-3H3/t10-/m0/s1. The monoisotopic (exact) mass is 266 g/mol. The van der Waals surface area contributed by atoms with Gasteiger partial charge >= 0.3 is 0 Å². The van der Waals surface area contributed by atoms with Crippen molar-refractivity contribution in [3.8, 4) is 0 Å². The van der Waals surface area contributed by atoms with Crippen LogP contribution in [0.3, 0.4) is 0 Å². The quantitative estimate of drug-likeness (QED) is 0.818. The van der Waals surface area contributed by atoms with Crippen molar-refractivity contribution >= 4 is 5.91 Å². The van der Waals surface area contributed by atoms with Gasteiger partial charge in [0.1, 0.15) is 0 Å². The molecule has 0 aromatic carbocycles. The summed E-state index contributed by atoms with van der Waals surface area (Å²) in [6.45, 7) is 6.72. The van der Waals surface area contributed by atoms with Crippen LogP contribution in [0.4, 0.5) is 0 Å². The smallest absolute Gasteiger partial charge is 0.239 e. The average molecular weight is 266 g/mol. The van der Waals surface area contributed by atoms with E-state index in [4.69, 9.17) is 5.11 Å². The molecule has 2 heterocycles. The number of aliphatic hydroxyl groups is 1. The summed E-state index contributed by atoms with van der Waals surface area (Å²) in [6, 6.07) is -0.125. The average Bonchev–Trinajstić information content (AvgIpc) is 2.98. The third-order valence-corrected chi connectivity index (χ3v) is 3.83. The fourth-order valence-electron chi connectivity index (χ4n) is 2.42. The first-order valence-electron chi connectivity index (χ1n) is 6.72. The minimum absolute atomic E-state index is 0.0845. The molecule has 6 heteroatoms. The Labute approximate surface area is 113 Å². The van der Waals surface area contributed by atoms with Crippen LogP contribution in [-0.4, -0.2) is 56.8 Å². The van der Waals surface area contributed by atoms with Crippen LogP contribution in [0.15, 0.2) is 6.20 Å². The van der Waals surface area contributed by atoms with Gasteiger partial charge in [-0.3, -0.25) is 14.4 Å². The van der Waals surface area contributed by atoms with Gasteiger partial charge in [-0.15, -0.1) is 0 Å². The highest BCUT2D eigenvalue weighted by molar-refractivity contribution is 5.81. The molecule has 0 bridgehead atoms. The second-order valence-corrected chi connectivity index (χ2v) is 5.00. The molecule has 0 saturated carbocycles. The zero-order valence-corrected chi connectivity index (χ0v) is 11.8. The molecule has 2 rings (SSSR count).